The molecule has 1 aliphatic carbocycles. The van der Waals surface area contributed by atoms with Crippen molar-refractivity contribution in [3.63, 3.8) is 0 Å². The van der Waals surface area contributed by atoms with Gasteiger partial charge < -0.3 is 10.1 Å². The molecule has 0 atom stereocenters. The van der Waals surface area contributed by atoms with Crippen LogP contribution < -0.4 is 10.1 Å². The smallest absolute Gasteiger partial charge is 0.119 e. The molecule has 0 aliphatic heterocycles. The van der Waals surface area contributed by atoms with Crippen molar-refractivity contribution in [3.8, 4) is 5.75 Å². The molecule has 2 nitrogen and oxygen atoms in total. The quantitative estimate of drug-likeness (QED) is 0.897. The first kappa shape index (κ1) is 11.8. The third-order valence-corrected chi connectivity index (χ3v) is 3.62. The molecule has 2 aromatic rings. The largest absolute Gasteiger partial charge is 0.497 e. The van der Waals surface area contributed by atoms with E-state index in [1.807, 2.05) is 13.1 Å². The minimum Gasteiger partial charge on any atom is -0.497 e. The first-order valence-electron chi connectivity index (χ1n) is 6.48. The summed E-state index contributed by atoms with van der Waals surface area (Å²) in [6.45, 7) is 0. The molecule has 2 heteroatoms. The molecule has 0 saturated carbocycles. The fourth-order valence-electron chi connectivity index (χ4n) is 2.63. The first-order chi connectivity index (χ1) is 9.33. The minimum absolute atomic E-state index is 0.888. The van der Waals surface area contributed by atoms with E-state index in [-0.39, 0.29) is 0 Å². The Kier molecular flexibility index (Phi) is 3.00. The molecule has 0 aromatic heterocycles. The van der Waals surface area contributed by atoms with Gasteiger partial charge in [-0.15, -0.1) is 0 Å². The summed E-state index contributed by atoms with van der Waals surface area (Å²) in [5.74, 6) is 0.888. The summed E-state index contributed by atoms with van der Waals surface area (Å²) in [6, 6.07) is 14.7. The van der Waals surface area contributed by atoms with Crippen LogP contribution in [0.4, 0.5) is 5.69 Å². The van der Waals surface area contributed by atoms with E-state index in [1.54, 1.807) is 7.11 Å². The van der Waals surface area contributed by atoms with E-state index in [9.17, 15) is 0 Å². The van der Waals surface area contributed by atoms with Crippen molar-refractivity contribution in [2.45, 2.75) is 6.42 Å². The molecule has 96 valence electrons. The van der Waals surface area contributed by atoms with E-state index in [4.69, 9.17) is 4.74 Å². The van der Waals surface area contributed by atoms with Gasteiger partial charge in [-0.2, -0.15) is 0 Å². The average molecular weight is 251 g/mol. The normalized spacial score (nSPS) is 12.8. The van der Waals surface area contributed by atoms with Crippen molar-refractivity contribution in [3.05, 3.63) is 65.2 Å². The van der Waals surface area contributed by atoms with Crippen LogP contribution in [0.15, 0.2) is 48.5 Å². The van der Waals surface area contributed by atoms with E-state index in [0.29, 0.717) is 0 Å². The lowest BCUT2D eigenvalue weighted by atomic mass is 9.97. The molecule has 0 fully saturated rings. The fourth-order valence-corrected chi connectivity index (χ4v) is 2.63. The third-order valence-electron chi connectivity index (χ3n) is 3.62. The lowest BCUT2D eigenvalue weighted by Crippen LogP contribution is -1.96. The van der Waals surface area contributed by atoms with Gasteiger partial charge in [-0.1, -0.05) is 30.3 Å². The molecule has 0 spiro atoms. The van der Waals surface area contributed by atoms with Crippen LogP contribution in [-0.4, -0.2) is 14.2 Å². The monoisotopic (exact) mass is 251 g/mol. The van der Waals surface area contributed by atoms with Crippen molar-refractivity contribution in [1.29, 1.82) is 0 Å². The average Bonchev–Trinajstić information content (AvgIpc) is 2.90. The first-order valence-corrected chi connectivity index (χ1v) is 6.48. The van der Waals surface area contributed by atoms with Gasteiger partial charge in [0.15, 0.2) is 0 Å². The molecule has 19 heavy (non-hydrogen) atoms. The predicted molar refractivity (Wildman–Crippen MR) is 79.8 cm³/mol. The van der Waals surface area contributed by atoms with Crippen LogP contribution in [0.5, 0.6) is 5.75 Å². The lowest BCUT2D eigenvalue weighted by Gasteiger charge is -2.13. The van der Waals surface area contributed by atoms with Gasteiger partial charge >= 0.3 is 0 Å². The Bertz CT molecular complexity index is 643. The summed E-state index contributed by atoms with van der Waals surface area (Å²) in [4.78, 5) is 0. The second-order valence-electron chi connectivity index (χ2n) is 4.64. The van der Waals surface area contributed by atoms with Crippen molar-refractivity contribution in [2.75, 3.05) is 19.5 Å². The van der Waals surface area contributed by atoms with Crippen LogP contribution in [0.1, 0.15) is 16.7 Å². The Labute approximate surface area is 113 Å². The van der Waals surface area contributed by atoms with E-state index in [0.717, 1.165) is 17.9 Å². The summed E-state index contributed by atoms with van der Waals surface area (Å²) >= 11 is 0. The van der Waals surface area contributed by atoms with Gasteiger partial charge in [0, 0.05) is 18.3 Å². The Morgan fingerprint density at radius 2 is 1.89 bits per heavy atom. The number of hydrogen-bond acceptors (Lipinski definition) is 2. The van der Waals surface area contributed by atoms with Gasteiger partial charge in [-0.05, 0) is 41.3 Å². The minimum atomic E-state index is 0.888. The highest BCUT2D eigenvalue weighted by Crippen LogP contribution is 2.37. The van der Waals surface area contributed by atoms with Gasteiger partial charge in [0.25, 0.3) is 0 Å². The Morgan fingerprint density at radius 1 is 1.05 bits per heavy atom. The molecule has 2 aromatic carbocycles. The van der Waals surface area contributed by atoms with Crippen LogP contribution >= 0.6 is 0 Å². The zero-order valence-electron chi connectivity index (χ0n) is 11.2. The number of anilines is 1. The zero-order chi connectivity index (χ0) is 13.2. The lowest BCUT2D eigenvalue weighted by molar-refractivity contribution is 0.415. The van der Waals surface area contributed by atoms with E-state index < -0.39 is 0 Å². The van der Waals surface area contributed by atoms with E-state index in [1.165, 1.54) is 22.3 Å². The Balaban J connectivity index is 2.13. The van der Waals surface area contributed by atoms with Gasteiger partial charge in [0.1, 0.15) is 5.75 Å². The van der Waals surface area contributed by atoms with E-state index >= 15 is 0 Å². The van der Waals surface area contributed by atoms with Gasteiger partial charge in [0.2, 0.25) is 0 Å². The predicted octanol–water partition coefficient (Wildman–Crippen LogP) is 3.72. The van der Waals surface area contributed by atoms with Crippen molar-refractivity contribution in [1.82, 2.24) is 0 Å². The molecular weight excluding hydrogens is 234 g/mol. The van der Waals surface area contributed by atoms with Gasteiger partial charge in [-0.25, -0.2) is 0 Å². The number of fused-ring (bicyclic) bond motifs is 1. The number of allylic oxidation sites excluding steroid dienone is 1. The summed E-state index contributed by atoms with van der Waals surface area (Å²) < 4.78 is 5.35. The molecule has 0 radical (unpaired) electrons. The number of benzene rings is 2. The molecule has 0 heterocycles. The second kappa shape index (κ2) is 4.81. The highest BCUT2D eigenvalue weighted by atomic mass is 16.5. The number of hydrogen-bond donors (Lipinski definition) is 1. The number of ether oxygens (including phenoxy) is 1. The molecule has 1 N–H and O–H groups in total. The molecule has 0 bridgehead atoms. The van der Waals surface area contributed by atoms with E-state index in [2.05, 4.69) is 47.8 Å². The maximum absolute atomic E-state index is 5.35. The van der Waals surface area contributed by atoms with Gasteiger partial charge in [0.05, 0.1) is 7.11 Å². The maximum Gasteiger partial charge on any atom is 0.119 e. The number of rotatable bonds is 3. The SMILES string of the molecule is CNc1ccc(OC)cc1C1=CCc2ccccc21. The van der Waals surface area contributed by atoms with Crippen molar-refractivity contribution < 1.29 is 4.74 Å². The fraction of sp³-hybridized carbons (Fsp3) is 0.176. The summed E-state index contributed by atoms with van der Waals surface area (Å²) in [7, 11) is 3.65. The third kappa shape index (κ3) is 1.99. The molecule has 3 rings (SSSR count). The summed E-state index contributed by atoms with van der Waals surface area (Å²) in [6.07, 6.45) is 3.30. The van der Waals surface area contributed by atoms with Crippen LogP contribution in [0, 0.1) is 0 Å². The Hall–Kier alpha value is -2.22. The van der Waals surface area contributed by atoms with Crippen LogP contribution in [-0.2, 0) is 6.42 Å². The Morgan fingerprint density at radius 3 is 2.68 bits per heavy atom. The second-order valence-corrected chi connectivity index (χ2v) is 4.64. The molecule has 0 unspecified atom stereocenters. The van der Waals surface area contributed by atoms with Crippen LogP contribution in [0.2, 0.25) is 0 Å². The highest BCUT2D eigenvalue weighted by molar-refractivity contribution is 5.90. The number of nitrogens with one attached hydrogen (secondary N) is 1. The van der Waals surface area contributed by atoms with Gasteiger partial charge in [-0.3, -0.25) is 0 Å². The summed E-state index contributed by atoms with van der Waals surface area (Å²) in [5, 5.41) is 3.26. The molecule has 0 saturated heterocycles. The zero-order valence-corrected chi connectivity index (χ0v) is 11.2. The van der Waals surface area contributed by atoms with Crippen LogP contribution in [0.25, 0.3) is 5.57 Å². The maximum atomic E-state index is 5.35. The van der Waals surface area contributed by atoms with Crippen LogP contribution in [0.3, 0.4) is 0 Å². The molecule has 1 aliphatic rings. The standard InChI is InChI=1S/C17H17NO/c1-18-17-10-8-13(19-2)11-16(17)15-9-7-12-5-3-4-6-14(12)15/h3-6,8-11,18H,7H2,1-2H3. The number of methoxy groups -OCH3 is 1. The van der Waals surface area contributed by atoms with Crippen molar-refractivity contribution >= 4 is 11.3 Å². The topological polar surface area (TPSA) is 21.3 Å². The molecule has 0 amide bonds. The summed E-state index contributed by atoms with van der Waals surface area (Å²) in [5.41, 5.74) is 6.34. The highest BCUT2D eigenvalue weighted by Gasteiger charge is 2.17. The molecular formula is C17H17NO. The van der Waals surface area contributed by atoms with Crippen molar-refractivity contribution in [2.24, 2.45) is 0 Å².